The topological polar surface area (TPSA) is 76.6 Å². The second kappa shape index (κ2) is 13.7. The van der Waals surface area contributed by atoms with Gasteiger partial charge in [0.25, 0.3) is 0 Å². The van der Waals surface area contributed by atoms with Crippen molar-refractivity contribution in [3.8, 4) is 0 Å². The minimum Gasteiger partial charge on any atom is -0.467 e. The number of ether oxygens (including phenoxy) is 1. The standard InChI is InChI=1S/C17H27N5O2.HI/c1-2-18-17(19-8-4-11-22-12-5-10-21-22)20-9-6-13-23-15-16-7-3-14-24-16;/h3,5,7,10,12,14H,2,4,6,8-9,11,13,15H2,1H3,(H2,18,19,20);1H. The molecule has 2 aromatic heterocycles. The fraction of sp³-hybridized carbons (Fsp3) is 0.529. The van der Waals surface area contributed by atoms with Gasteiger partial charge in [0, 0.05) is 45.2 Å². The van der Waals surface area contributed by atoms with Crippen LogP contribution >= 0.6 is 24.0 Å². The molecule has 2 aromatic rings. The largest absolute Gasteiger partial charge is 0.467 e. The Hall–Kier alpha value is -1.55. The van der Waals surface area contributed by atoms with E-state index in [9.17, 15) is 0 Å². The molecule has 25 heavy (non-hydrogen) atoms. The van der Waals surface area contributed by atoms with E-state index in [1.54, 1.807) is 12.5 Å². The first-order valence-electron chi connectivity index (χ1n) is 8.48. The lowest BCUT2D eigenvalue weighted by molar-refractivity contribution is 0.105. The van der Waals surface area contributed by atoms with Gasteiger partial charge in [-0.05, 0) is 38.0 Å². The minimum atomic E-state index is 0. The van der Waals surface area contributed by atoms with Crippen LogP contribution in [0.25, 0.3) is 0 Å². The average molecular weight is 461 g/mol. The highest BCUT2D eigenvalue weighted by molar-refractivity contribution is 14.0. The highest BCUT2D eigenvalue weighted by Gasteiger charge is 1.98. The molecule has 0 aliphatic heterocycles. The van der Waals surface area contributed by atoms with Gasteiger partial charge in [-0.3, -0.25) is 9.67 Å². The fourth-order valence-electron chi connectivity index (χ4n) is 2.15. The van der Waals surface area contributed by atoms with E-state index in [4.69, 9.17) is 9.15 Å². The zero-order valence-corrected chi connectivity index (χ0v) is 17.0. The van der Waals surface area contributed by atoms with Crippen LogP contribution in [0.2, 0.25) is 0 Å². The van der Waals surface area contributed by atoms with E-state index < -0.39 is 0 Å². The van der Waals surface area contributed by atoms with Crippen LogP contribution in [0.4, 0.5) is 0 Å². The Labute approximate surface area is 166 Å². The van der Waals surface area contributed by atoms with Crippen LogP contribution in [0.3, 0.4) is 0 Å². The number of nitrogens with one attached hydrogen (secondary N) is 2. The SMILES string of the molecule is CCNC(=NCCCn1cccn1)NCCCOCc1ccco1.I. The van der Waals surface area contributed by atoms with Gasteiger partial charge < -0.3 is 19.8 Å². The summed E-state index contributed by atoms with van der Waals surface area (Å²) in [5, 5.41) is 10.8. The smallest absolute Gasteiger partial charge is 0.191 e. The van der Waals surface area contributed by atoms with Crippen molar-refractivity contribution in [2.75, 3.05) is 26.2 Å². The Morgan fingerprint density at radius 2 is 2.24 bits per heavy atom. The van der Waals surface area contributed by atoms with E-state index in [-0.39, 0.29) is 24.0 Å². The van der Waals surface area contributed by atoms with Gasteiger partial charge in [0.05, 0.1) is 6.26 Å². The number of rotatable bonds is 11. The van der Waals surface area contributed by atoms with Crippen LogP contribution in [0.1, 0.15) is 25.5 Å². The summed E-state index contributed by atoms with van der Waals surface area (Å²) in [4.78, 5) is 4.57. The normalized spacial score (nSPS) is 11.2. The van der Waals surface area contributed by atoms with Crippen molar-refractivity contribution in [3.63, 3.8) is 0 Å². The molecule has 2 heterocycles. The van der Waals surface area contributed by atoms with Crippen LogP contribution < -0.4 is 10.6 Å². The molecule has 0 aromatic carbocycles. The molecule has 0 aliphatic rings. The molecule has 0 bridgehead atoms. The van der Waals surface area contributed by atoms with Crippen LogP contribution in [0.15, 0.2) is 46.3 Å². The van der Waals surface area contributed by atoms with Crippen molar-refractivity contribution in [1.29, 1.82) is 0 Å². The fourth-order valence-corrected chi connectivity index (χ4v) is 2.15. The molecule has 140 valence electrons. The molecule has 0 atom stereocenters. The number of hydrogen-bond donors (Lipinski definition) is 2. The molecule has 0 radical (unpaired) electrons. The molecular weight excluding hydrogens is 433 g/mol. The Morgan fingerprint density at radius 3 is 2.96 bits per heavy atom. The molecule has 8 heteroatoms. The van der Waals surface area contributed by atoms with Gasteiger partial charge in [-0.1, -0.05) is 0 Å². The van der Waals surface area contributed by atoms with Crippen molar-refractivity contribution in [2.45, 2.75) is 32.9 Å². The maximum Gasteiger partial charge on any atom is 0.191 e. The van der Waals surface area contributed by atoms with E-state index in [1.807, 2.05) is 29.1 Å². The molecule has 0 aliphatic carbocycles. The second-order valence-electron chi connectivity index (χ2n) is 5.30. The van der Waals surface area contributed by atoms with Crippen LogP contribution in [0.5, 0.6) is 0 Å². The number of aliphatic imine (C=N–C) groups is 1. The predicted molar refractivity (Wildman–Crippen MR) is 109 cm³/mol. The van der Waals surface area contributed by atoms with Gasteiger partial charge in [-0.15, -0.1) is 24.0 Å². The molecule has 2 N–H and O–H groups in total. The number of guanidine groups is 1. The maximum absolute atomic E-state index is 5.56. The lowest BCUT2D eigenvalue weighted by atomic mass is 10.4. The average Bonchev–Trinajstić information content (AvgIpc) is 3.28. The zero-order valence-electron chi connectivity index (χ0n) is 14.7. The van der Waals surface area contributed by atoms with E-state index >= 15 is 0 Å². The van der Waals surface area contributed by atoms with Crippen LogP contribution in [0, 0.1) is 0 Å². The molecule has 0 unspecified atom stereocenters. The van der Waals surface area contributed by atoms with Crippen molar-refractivity contribution in [3.05, 3.63) is 42.6 Å². The summed E-state index contributed by atoms with van der Waals surface area (Å²) in [7, 11) is 0. The van der Waals surface area contributed by atoms with Gasteiger partial charge in [0.2, 0.25) is 0 Å². The Morgan fingerprint density at radius 1 is 1.32 bits per heavy atom. The molecule has 0 fully saturated rings. The monoisotopic (exact) mass is 461 g/mol. The van der Waals surface area contributed by atoms with Gasteiger partial charge in [-0.25, -0.2) is 0 Å². The Kier molecular flexibility index (Phi) is 11.8. The lowest BCUT2D eigenvalue weighted by Crippen LogP contribution is -2.38. The summed E-state index contributed by atoms with van der Waals surface area (Å²) in [5.41, 5.74) is 0. The number of aromatic nitrogens is 2. The predicted octanol–water partition coefficient (Wildman–Crippen LogP) is 2.65. The van der Waals surface area contributed by atoms with Gasteiger partial charge in [0.1, 0.15) is 12.4 Å². The summed E-state index contributed by atoms with van der Waals surface area (Å²) in [6.45, 7) is 6.60. The number of aryl methyl sites for hydroxylation is 1. The third-order valence-electron chi connectivity index (χ3n) is 3.30. The van der Waals surface area contributed by atoms with Crippen molar-refractivity contribution < 1.29 is 9.15 Å². The van der Waals surface area contributed by atoms with E-state index in [0.717, 1.165) is 50.7 Å². The molecular formula is C17H28IN5O2. The van der Waals surface area contributed by atoms with E-state index in [1.165, 1.54) is 0 Å². The first-order valence-corrected chi connectivity index (χ1v) is 8.48. The highest BCUT2D eigenvalue weighted by atomic mass is 127. The molecule has 0 amide bonds. The summed E-state index contributed by atoms with van der Waals surface area (Å²) < 4.78 is 12.7. The van der Waals surface area contributed by atoms with Gasteiger partial charge in [-0.2, -0.15) is 5.10 Å². The number of halogens is 1. The molecule has 0 saturated heterocycles. The molecule has 7 nitrogen and oxygen atoms in total. The third kappa shape index (κ3) is 9.49. The molecule has 2 rings (SSSR count). The maximum atomic E-state index is 5.56. The summed E-state index contributed by atoms with van der Waals surface area (Å²) in [6.07, 6.45) is 7.30. The lowest BCUT2D eigenvalue weighted by Gasteiger charge is -2.11. The van der Waals surface area contributed by atoms with E-state index in [2.05, 4.69) is 27.6 Å². The Balaban J connectivity index is 0.00000312. The minimum absolute atomic E-state index is 0. The highest BCUT2D eigenvalue weighted by Crippen LogP contribution is 2.01. The summed E-state index contributed by atoms with van der Waals surface area (Å²) >= 11 is 0. The number of hydrogen-bond acceptors (Lipinski definition) is 4. The van der Waals surface area contributed by atoms with Gasteiger partial charge in [0.15, 0.2) is 5.96 Å². The van der Waals surface area contributed by atoms with E-state index in [0.29, 0.717) is 13.2 Å². The van der Waals surface area contributed by atoms with Crippen molar-refractivity contribution in [1.82, 2.24) is 20.4 Å². The Bertz CT molecular complexity index is 558. The third-order valence-corrected chi connectivity index (χ3v) is 3.30. The quantitative estimate of drug-likeness (QED) is 0.233. The van der Waals surface area contributed by atoms with Crippen molar-refractivity contribution >= 4 is 29.9 Å². The van der Waals surface area contributed by atoms with Gasteiger partial charge >= 0.3 is 0 Å². The number of furan rings is 1. The first-order chi connectivity index (χ1) is 11.9. The second-order valence-corrected chi connectivity index (χ2v) is 5.30. The molecule has 0 saturated carbocycles. The number of nitrogens with zero attached hydrogens (tertiary/aromatic N) is 3. The first kappa shape index (κ1) is 21.5. The summed E-state index contributed by atoms with van der Waals surface area (Å²) in [5.74, 6) is 1.71. The van der Waals surface area contributed by atoms with Crippen LogP contribution in [-0.4, -0.2) is 42.0 Å². The zero-order chi connectivity index (χ0) is 16.9. The van der Waals surface area contributed by atoms with Crippen LogP contribution in [-0.2, 0) is 17.9 Å². The van der Waals surface area contributed by atoms with Crippen molar-refractivity contribution in [2.24, 2.45) is 4.99 Å². The molecule has 0 spiro atoms. The summed E-state index contributed by atoms with van der Waals surface area (Å²) in [6, 6.07) is 5.71.